The van der Waals surface area contributed by atoms with Gasteiger partial charge in [0.25, 0.3) is 0 Å². The molecule has 7 heteroatoms. The van der Waals surface area contributed by atoms with Crippen LogP contribution in [0.25, 0.3) is 0 Å². The molecule has 0 aromatic heterocycles. The molecule has 1 aliphatic heterocycles. The molecule has 54 valence electrons. The van der Waals surface area contributed by atoms with Gasteiger partial charge in [0, 0.05) is 4.57 Å². The highest BCUT2D eigenvalue weighted by molar-refractivity contribution is 7.32. The first-order valence-corrected chi connectivity index (χ1v) is 3.40. The summed E-state index contributed by atoms with van der Waals surface area (Å²) >= 11 is 0. The maximum atomic E-state index is 10.2. The molecule has 0 saturated heterocycles. The van der Waals surface area contributed by atoms with E-state index < -0.39 is 14.3 Å². The quantitative estimate of drug-likeness (QED) is 0.559. The van der Waals surface area contributed by atoms with Gasteiger partial charge >= 0.3 is 20.2 Å². The lowest BCUT2D eigenvalue weighted by Crippen LogP contribution is -2.00. The van der Waals surface area contributed by atoms with Gasteiger partial charge in [-0.1, -0.05) is 0 Å². The van der Waals surface area contributed by atoms with Crippen LogP contribution in [0.2, 0.25) is 0 Å². The van der Waals surface area contributed by atoms with Crippen molar-refractivity contribution in [3.63, 3.8) is 0 Å². The summed E-state index contributed by atoms with van der Waals surface area (Å²) in [4.78, 5) is 21.4. The molecule has 0 fully saturated rings. The topological polar surface area (TPSA) is 85.2 Å². The van der Waals surface area contributed by atoms with Gasteiger partial charge in [-0.3, -0.25) is 0 Å². The van der Waals surface area contributed by atoms with E-state index in [-0.39, 0.29) is 12.5 Å². The highest BCUT2D eigenvalue weighted by atomic mass is 31.1. The largest absolute Gasteiger partial charge is 0.748 e. The van der Waals surface area contributed by atoms with E-state index in [9.17, 15) is 9.36 Å². The van der Waals surface area contributed by atoms with Gasteiger partial charge in [-0.2, -0.15) is 0 Å². The van der Waals surface area contributed by atoms with E-state index in [1.807, 2.05) is 0 Å². The van der Waals surface area contributed by atoms with Crippen molar-refractivity contribution < 1.29 is 23.5 Å². The van der Waals surface area contributed by atoms with Gasteiger partial charge in [0.05, 0.1) is 0 Å². The van der Waals surface area contributed by atoms with Crippen LogP contribution >= 0.6 is 8.25 Å². The number of carbonyl (C=O) groups is 1. The summed E-state index contributed by atoms with van der Waals surface area (Å²) in [5.41, 5.74) is 0. The van der Waals surface area contributed by atoms with Crippen LogP contribution in [0.5, 0.6) is 0 Å². The lowest BCUT2D eigenvalue weighted by Gasteiger charge is -1.83. The molecule has 10 heavy (non-hydrogen) atoms. The van der Waals surface area contributed by atoms with Crippen LogP contribution in [-0.4, -0.2) is 23.5 Å². The maximum Gasteiger partial charge on any atom is 0.748 e. The Hall–Kier alpha value is -1.00. The number of aliphatic imine (C=N–C) groups is 1. The number of cyclic esters (lactones) is 1. The number of carbonyl (C=O) groups excluding carboxylic acids is 1. The van der Waals surface area contributed by atoms with Crippen LogP contribution in [0.1, 0.15) is 0 Å². The molecule has 1 aliphatic rings. The predicted molar refractivity (Wildman–Crippen MR) is 29.7 cm³/mol. The Labute approximate surface area is 56.4 Å². The highest BCUT2D eigenvalue weighted by Crippen LogP contribution is 2.17. The van der Waals surface area contributed by atoms with E-state index in [1.54, 1.807) is 0 Å². The Morgan fingerprint density at radius 2 is 2.50 bits per heavy atom. The fourth-order valence-corrected chi connectivity index (χ4v) is 0.701. The minimum absolute atomic E-state index is 0.159. The molecule has 1 amide bonds. The molecule has 0 aromatic rings. The molecule has 6 nitrogen and oxygen atoms in total. The van der Waals surface area contributed by atoms with Crippen molar-refractivity contribution in [2.45, 2.75) is 0 Å². The van der Waals surface area contributed by atoms with Crippen LogP contribution in [0.15, 0.2) is 4.99 Å². The smallest absolute Gasteiger partial charge is 0.438 e. The minimum atomic E-state index is -2.74. The van der Waals surface area contributed by atoms with Crippen LogP contribution in [0, 0.1) is 0 Å². The van der Waals surface area contributed by atoms with Crippen LogP contribution < -0.4 is 0 Å². The normalized spacial score (nSPS) is 17.9. The SMILES string of the molecule is O=C1N=C(O[P+](=O)O)CO1. The number of rotatable bonds is 1. The first kappa shape index (κ1) is 7.11. The third kappa shape index (κ3) is 1.75. The number of hydrogen-bond donors (Lipinski definition) is 1. The minimum Gasteiger partial charge on any atom is -0.438 e. The molecular weight excluding hydrogens is 161 g/mol. The molecule has 1 heterocycles. The fraction of sp³-hybridized carbons (Fsp3) is 0.333. The van der Waals surface area contributed by atoms with Crippen molar-refractivity contribution in [2.75, 3.05) is 6.61 Å². The van der Waals surface area contributed by atoms with E-state index in [1.165, 1.54) is 0 Å². The van der Waals surface area contributed by atoms with Crippen molar-refractivity contribution in [1.82, 2.24) is 0 Å². The van der Waals surface area contributed by atoms with Crippen LogP contribution in [-0.2, 0) is 13.8 Å². The summed E-state index contributed by atoms with van der Waals surface area (Å²) in [5.74, 6) is -0.159. The van der Waals surface area contributed by atoms with Gasteiger partial charge in [0.1, 0.15) is 0 Å². The van der Waals surface area contributed by atoms with Crippen molar-refractivity contribution in [3.8, 4) is 0 Å². The first-order chi connectivity index (χ1) is 4.68. The van der Waals surface area contributed by atoms with Crippen LogP contribution in [0.4, 0.5) is 4.79 Å². The number of nitrogens with zero attached hydrogens (tertiary/aromatic N) is 1. The molecule has 0 radical (unpaired) electrons. The summed E-state index contributed by atoms with van der Waals surface area (Å²) in [6.45, 7) is -0.166. The molecule has 1 N–H and O–H groups in total. The lowest BCUT2D eigenvalue weighted by molar-refractivity contribution is 0.179. The van der Waals surface area contributed by atoms with E-state index in [4.69, 9.17) is 4.89 Å². The van der Waals surface area contributed by atoms with E-state index in [0.717, 1.165) is 0 Å². The second-order valence-corrected chi connectivity index (χ2v) is 2.05. The monoisotopic (exact) mass is 164 g/mol. The van der Waals surface area contributed by atoms with Crippen molar-refractivity contribution in [2.24, 2.45) is 4.99 Å². The van der Waals surface area contributed by atoms with Crippen molar-refractivity contribution in [3.05, 3.63) is 0 Å². The summed E-state index contributed by atoms with van der Waals surface area (Å²) < 4.78 is 18.3. The number of ether oxygens (including phenoxy) is 1. The zero-order valence-corrected chi connectivity index (χ0v) is 5.58. The van der Waals surface area contributed by atoms with Crippen molar-refractivity contribution in [1.29, 1.82) is 0 Å². The Morgan fingerprint density at radius 1 is 1.80 bits per heavy atom. The molecule has 0 aromatic carbocycles. The molecule has 0 bridgehead atoms. The average molecular weight is 164 g/mol. The highest BCUT2D eigenvalue weighted by Gasteiger charge is 2.25. The summed E-state index contributed by atoms with van der Waals surface area (Å²) in [5, 5.41) is 0. The standard InChI is InChI=1S/C3H2NO5P/c5-3-4-2(1-8-3)9-10(6)7/h1H2/p+1. The molecule has 0 saturated carbocycles. The van der Waals surface area contributed by atoms with Gasteiger partial charge in [0.2, 0.25) is 0 Å². The molecule has 1 rings (SSSR count). The van der Waals surface area contributed by atoms with Gasteiger partial charge in [0.15, 0.2) is 6.61 Å². The summed E-state index contributed by atoms with van der Waals surface area (Å²) in [6, 6.07) is 0. The predicted octanol–water partition coefficient (Wildman–Crippen LogP) is 0.201. The lowest BCUT2D eigenvalue weighted by atomic mass is 10.7. The fourth-order valence-electron chi connectivity index (χ4n) is 0.427. The Kier molecular flexibility index (Phi) is 1.94. The van der Waals surface area contributed by atoms with E-state index in [0.29, 0.717) is 0 Å². The van der Waals surface area contributed by atoms with Gasteiger partial charge in [-0.25, -0.2) is 9.32 Å². The van der Waals surface area contributed by atoms with Gasteiger partial charge in [-0.15, -0.1) is 9.89 Å². The third-order valence-electron chi connectivity index (χ3n) is 0.719. The Balaban J connectivity index is 2.50. The van der Waals surface area contributed by atoms with Crippen molar-refractivity contribution >= 4 is 20.2 Å². The average Bonchev–Trinajstić information content (AvgIpc) is 2.13. The Bertz CT molecular complexity index is 211. The van der Waals surface area contributed by atoms with Gasteiger partial charge < -0.3 is 4.74 Å². The molecular formula is C3H3NO5P+. The third-order valence-corrected chi connectivity index (χ3v) is 1.09. The molecule has 0 aliphatic carbocycles. The molecule has 1 unspecified atom stereocenters. The van der Waals surface area contributed by atoms with E-state index >= 15 is 0 Å². The molecule has 0 spiro atoms. The molecule has 1 atom stereocenters. The van der Waals surface area contributed by atoms with E-state index in [2.05, 4.69) is 14.3 Å². The zero-order chi connectivity index (χ0) is 7.56. The second kappa shape index (κ2) is 2.72. The second-order valence-electron chi connectivity index (χ2n) is 1.39. The number of hydrogen-bond acceptors (Lipinski definition) is 4. The maximum absolute atomic E-state index is 10.2. The first-order valence-electron chi connectivity index (χ1n) is 2.27. The zero-order valence-electron chi connectivity index (χ0n) is 4.68. The summed E-state index contributed by atoms with van der Waals surface area (Å²) in [6.07, 6.45) is -0.799. The number of amides is 1. The van der Waals surface area contributed by atoms with Gasteiger partial charge in [-0.05, 0) is 0 Å². The summed E-state index contributed by atoms with van der Waals surface area (Å²) in [7, 11) is -2.74. The van der Waals surface area contributed by atoms with Crippen LogP contribution in [0.3, 0.4) is 0 Å². The Morgan fingerprint density at radius 3 is 2.90 bits per heavy atom.